The Hall–Kier alpha value is -2.09. The second-order valence-electron chi connectivity index (χ2n) is 5.15. The topological polar surface area (TPSA) is 43.1 Å². The van der Waals surface area contributed by atoms with Crippen molar-refractivity contribution in [3.8, 4) is 0 Å². The van der Waals surface area contributed by atoms with Crippen molar-refractivity contribution in [1.82, 2.24) is 0 Å². The number of hydrogen-bond donors (Lipinski definition) is 1. The van der Waals surface area contributed by atoms with Gasteiger partial charge in [0.15, 0.2) is 5.78 Å². The highest BCUT2D eigenvalue weighted by Gasteiger charge is 2.12. The third-order valence-electron chi connectivity index (χ3n) is 3.59. The fourth-order valence-electron chi connectivity index (χ4n) is 2.55. The van der Waals surface area contributed by atoms with Crippen molar-refractivity contribution in [2.75, 3.05) is 5.73 Å². The molecule has 0 aliphatic carbocycles. The van der Waals surface area contributed by atoms with Crippen LogP contribution in [-0.4, -0.2) is 5.78 Å². The molecule has 2 heteroatoms. The summed E-state index contributed by atoms with van der Waals surface area (Å²) in [6, 6.07) is 11.5. The van der Waals surface area contributed by atoms with E-state index in [2.05, 4.69) is 19.9 Å². The minimum Gasteiger partial charge on any atom is -0.399 e. The first-order chi connectivity index (χ1) is 9.55. The molecule has 0 aliphatic rings. The third kappa shape index (κ3) is 2.90. The van der Waals surface area contributed by atoms with Crippen LogP contribution in [0, 0.1) is 6.92 Å². The number of nitrogens with two attached hydrogens (primary N) is 1. The van der Waals surface area contributed by atoms with Gasteiger partial charge in [-0.15, -0.1) is 0 Å². The summed E-state index contributed by atoms with van der Waals surface area (Å²) in [5.41, 5.74) is 11.4. The summed E-state index contributed by atoms with van der Waals surface area (Å²) in [6.07, 6.45) is 1.94. The summed E-state index contributed by atoms with van der Waals surface area (Å²) < 4.78 is 0. The number of carbonyl (C=O) groups excluding carboxylic acids is 1. The lowest BCUT2D eigenvalue weighted by Crippen LogP contribution is -2.05. The van der Waals surface area contributed by atoms with Crippen molar-refractivity contribution in [3.63, 3.8) is 0 Å². The van der Waals surface area contributed by atoms with Crippen molar-refractivity contribution in [2.45, 2.75) is 33.6 Å². The van der Waals surface area contributed by atoms with Crippen LogP contribution < -0.4 is 5.73 Å². The van der Waals surface area contributed by atoms with Gasteiger partial charge in [-0.1, -0.05) is 26.0 Å². The third-order valence-corrected chi connectivity index (χ3v) is 3.59. The molecule has 2 N–H and O–H groups in total. The van der Waals surface area contributed by atoms with Gasteiger partial charge in [-0.3, -0.25) is 4.79 Å². The molecule has 20 heavy (non-hydrogen) atoms. The van der Waals surface area contributed by atoms with Crippen molar-refractivity contribution in [3.05, 3.63) is 64.2 Å². The minimum atomic E-state index is 0.0396. The molecule has 0 heterocycles. The highest BCUT2D eigenvalue weighted by molar-refractivity contribution is 6.09. The standard InChI is InChI=1S/C18H21NO/c1-4-13-6-7-15(10-14(13)5-2)18(20)16-8-12(3)9-17(19)11-16/h6-11H,4-5,19H2,1-3H3. The average Bonchev–Trinajstić information content (AvgIpc) is 2.44. The van der Waals surface area contributed by atoms with Crippen LogP contribution in [-0.2, 0) is 12.8 Å². The molecule has 0 saturated heterocycles. The number of anilines is 1. The van der Waals surface area contributed by atoms with Gasteiger partial charge < -0.3 is 5.73 Å². The van der Waals surface area contributed by atoms with Crippen molar-refractivity contribution in [1.29, 1.82) is 0 Å². The molecule has 0 amide bonds. The van der Waals surface area contributed by atoms with E-state index in [0.29, 0.717) is 11.3 Å². The smallest absolute Gasteiger partial charge is 0.193 e. The summed E-state index contributed by atoms with van der Waals surface area (Å²) in [4.78, 5) is 12.6. The Morgan fingerprint density at radius 2 is 1.65 bits per heavy atom. The van der Waals surface area contributed by atoms with Crippen LogP contribution in [0.2, 0.25) is 0 Å². The molecule has 2 aromatic carbocycles. The maximum absolute atomic E-state index is 12.6. The lowest BCUT2D eigenvalue weighted by Gasteiger charge is -2.09. The van der Waals surface area contributed by atoms with Crippen LogP contribution in [0.15, 0.2) is 36.4 Å². The van der Waals surface area contributed by atoms with E-state index in [4.69, 9.17) is 5.73 Å². The van der Waals surface area contributed by atoms with Gasteiger partial charge in [0.1, 0.15) is 0 Å². The maximum atomic E-state index is 12.6. The SMILES string of the molecule is CCc1ccc(C(=O)c2cc(C)cc(N)c2)cc1CC. The maximum Gasteiger partial charge on any atom is 0.193 e. The van der Waals surface area contributed by atoms with E-state index in [-0.39, 0.29) is 5.78 Å². The summed E-state index contributed by atoms with van der Waals surface area (Å²) in [5, 5.41) is 0. The summed E-state index contributed by atoms with van der Waals surface area (Å²) in [6.45, 7) is 6.20. The molecule has 2 aromatic rings. The lowest BCUT2D eigenvalue weighted by atomic mass is 9.95. The number of nitrogen functional groups attached to an aromatic ring is 1. The molecule has 0 atom stereocenters. The highest BCUT2D eigenvalue weighted by Crippen LogP contribution is 2.19. The minimum absolute atomic E-state index is 0.0396. The van der Waals surface area contributed by atoms with Crippen molar-refractivity contribution >= 4 is 11.5 Å². The van der Waals surface area contributed by atoms with Crippen LogP contribution in [0.3, 0.4) is 0 Å². The number of carbonyl (C=O) groups is 1. The summed E-state index contributed by atoms with van der Waals surface area (Å²) >= 11 is 0. The lowest BCUT2D eigenvalue weighted by molar-refractivity contribution is 0.103. The average molecular weight is 267 g/mol. The molecule has 0 unspecified atom stereocenters. The second-order valence-corrected chi connectivity index (χ2v) is 5.15. The Bertz CT molecular complexity index is 624. The molecule has 2 rings (SSSR count). The first kappa shape index (κ1) is 14.3. The van der Waals surface area contributed by atoms with Gasteiger partial charge >= 0.3 is 0 Å². The molecule has 0 aliphatic heterocycles. The van der Waals surface area contributed by atoms with Gasteiger partial charge in [0.25, 0.3) is 0 Å². The summed E-state index contributed by atoms with van der Waals surface area (Å²) in [7, 11) is 0. The molecule has 0 saturated carbocycles. The monoisotopic (exact) mass is 267 g/mol. The van der Waals surface area contributed by atoms with E-state index in [9.17, 15) is 4.79 Å². The molecule has 0 fully saturated rings. The van der Waals surface area contributed by atoms with E-state index in [0.717, 1.165) is 24.0 Å². The second kappa shape index (κ2) is 5.91. The number of benzene rings is 2. The molecule has 0 radical (unpaired) electrons. The molecular weight excluding hydrogens is 246 g/mol. The quantitative estimate of drug-likeness (QED) is 0.673. The predicted molar refractivity (Wildman–Crippen MR) is 84.2 cm³/mol. The van der Waals surface area contributed by atoms with E-state index < -0.39 is 0 Å². The fraction of sp³-hybridized carbons (Fsp3) is 0.278. The zero-order valence-electron chi connectivity index (χ0n) is 12.4. The van der Waals surface area contributed by atoms with E-state index >= 15 is 0 Å². The van der Waals surface area contributed by atoms with Gasteiger partial charge in [-0.25, -0.2) is 0 Å². The highest BCUT2D eigenvalue weighted by atomic mass is 16.1. The zero-order valence-corrected chi connectivity index (χ0v) is 12.4. The number of aryl methyl sites for hydroxylation is 3. The number of hydrogen-bond acceptors (Lipinski definition) is 2. The van der Waals surface area contributed by atoms with E-state index in [1.54, 1.807) is 6.07 Å². The molecule has 0 spiro atoms. The normalized spacial score (nSPS) is 10.6. The van der Waals surface area contributed by atoms with Crippen LogP contribution in [0.1, 0.15) is 46.5 Å². The van der Waals surface area contributed by atoms with Gasteiger partial charge in [-0.05, 0) is 60.7 Å². The van der Waals surface area contributed by atoms with Crippen LogP contribution in [0.25, 0.3) is 0 Å². The number of rotatable bonds is 4. The first-order valence-corrected chi connectivity index (χ1v) is 7.08. The Balaban J connectivity index is 2.42. The van der Waals surface area contributed by atoms with Gasteiger partial charge in [-0.2, -0.15) is 0 Å². The molecule has 104 valence electrons. The van der Waals surface area contributed by atoms with Crippen LogP contribution >= 0.6 is 0 Å². The Morgan fingerprint density at radius 3 is 2.25 bits per heavy atom. The van der Waals surface area contributed by atoms with Gasteiger partial charge in [0, 0.05) is 16.8 Å². The van der Waals surface area contributed by atoms with Gasteiger partial charge in [0.05, 0.1) is 0 Å². The largest absolute Gasteiger partial charge is 0.399 e. The van der Waals surface area contributed by atoms with Gasteiger partial charge in [0.2, 0.25) is 0 Å². The van der Waals surface area contributed by atoms with E-state index in [1.807, 2.05) is 31.2 Å². The van der Waals surface area contributed by atoms with E-state index in [1.165, 1.54) is 11.1 Å². The molecule has 0 bridgehead atoms. The first-order valence-electron chi connectivity index (χ1n) is 7.08. The Labute approximate surface area is 120 Å². The van der Waals surface area contributed by atoms with Crippen LogP contribution in [0.5, 0.6) is 0 Å². The molecule has 2 nitrogen and oxygen atoms in total. The molecular formula is C18H21NO. The predicted octanol–water partition coefficient (Wildman–Crippen LogP) is 3.93. The van der Waals surface area contributed by atoms with Crippen molar-refractivity contribution in [2.24, 2.45) is 0 Å². The molecule has 0 aromatic heterocycles. The van der Waals surface area contributed by atoms with Crippen molar-refractivity contribution < 1.29 is 4.79 Å². The zero-order chi connectivity index (χ0) is 14.7. The number of ketones is 1. The summed E-state index contributed by atoms with van der Waals surface area (Å²) in [5.74, 6) is 0.0396. The Morgan fingerprint density at radius 1 is 0.950 bits per heavy atom. The van der Waals surface area contributed by atoms with Crippen LogP contribution in [0.4, 0.5) is 5.69 Å². The fourth-order valence-corrected chi connectivity index (χ4v) is 2.55. The Kier molecular flexibility index (Phi) is 4.23.